The molecule has 1 aromatic carbocycles. The first-order chi connectivity index (χ1) is 7.88. The fraction of sp³-hybridized carbons (Fsp3) is 0. The first kappa shape index (κ1) is 12.5. The molecule has 0 atom stereocenters. The smallest absolute Gasteiger partial charge is 0.0405 e. The van der Waals surface area contributed by atoms with Gasteiger partial charge in [0.1, 0.15) is 0 Å². The lowest BCUT2D eigenvalue weighted by molar-refractivity contribution is 1.59. The van der Waals surface area contributed by atoms with Gasteiger partial charge in [0.05, 0.1) is 0 Å². The summed E-state index contributed by atoms with van der Waals surface area (Å²) in [6, 6.07) is 7.64. The molecule has 0 spiro atoms. The minimum Gasteiger partial charge on any atom is -0.0923 e. The molecule has 0 aliphatic rings. The summed E-state index contributed by atoms with van der Waals surface area (Å²) in [5, 5.41) is 0. The Morgan fingerprint density at radius 2 is 1.25 bits per heavy atom. The Labute approximate surface area is 106 Å². The molecule has 2 heteroatoms. The van der Waals surface area contributed by atoms with Gasteiger partial charge in [0.25, 0.3) is 0 Å². The lowest BCUT2D eigenvalue weighted by Gasteiger charge is -1.93. The highest BCUT2D eigenvalue weighted by atomic mass is 35.5. The lowest BCUT2D eigenvalue weighted by atomic mass is 10.1. The van der Waals surface area contributed by atoms with Crippen LogP contribution in [-0.4, -0.2) is 0 Å². The normalized spacial score (nSPS) is 9.62. The number of halogens is 2. The van der Waals surface area contributed by atoms with Crippen molar-refractivity contribution in [2.45, 2.75) is 0 Å². The summed E-state index contributed by atoms with van der Waals surface area (Å²) in [5.74, 6) is 11.5. The second kappa shape index (κ2) is 7.66. The van der Waals surface area contributed by atoms with Crippen LogP contribution in [0.1, 0.15) is 11.1 Å². The van der Waals surface area contributed by atoms with E-state index in [1.165, 1.54) is 11.1 Å². The van der Waals surface area contributed by atoms with Gasteiger partial charge in [0, 0.05) is 22.2 Å². The number of benzene rings is 1. The van der Waals surface area contributed by atoms with E-state index in [4.69, 9.17) is 23.2 Å². The third-order valence-corrected chi connectivity index (χ3v) is 1.89. The zero-order chi connectivity index (χ0) is 11.6. The summed E-state index contributed by atoms with van der Waals surface area (Å²) in [7, 11) is 0. The van der Waals surface area contributed by atoms with Crippen LogP contribution in [0, 0.1) is 23.7 Å². The van der Waals surface area contributed by atoms with Gasteiger partial charge in [-0.3, -0.25) is 0 Å². The van der Waals surface area contributed by atoms with E-state index in [9.17, 15) is 0 Å². The molecule has 0 heterocycles. The SMILES string of the molecule is Cl/C=C\C#Cc1ccccc1C#C/C=C\Cl. The molecule has 0 bridgehead atoms. The van der Waals surface area contributed by atoms with Crippen molar-refractivity contribution in [1.82, 2.24) is 0 Å². The average molecular weight is 247 g/mol. The van der Waals surface area contributed by atoms with E-state index in [1.54, 1.807) is 12.2 Å². The maximum atomic E-state index is 5.38. The predicted molar refractivity (Wildman–Crippen MR) is 70.2 cm³/mol. The molecule has 1 aromatic rings. The van der Waals surface area contributed by atoms with Gasteiger partial charge in [-0.15, -0.1) is 0 Å². The van der Waals surface area contributed by atoms with Crippen LogP contribution in [0.15, 0.2) is 47.5 Å². The van der Waals surface area contributed by atoms with Gasteiger partial charge in [-0.2, -0.15) is 0 Å². The fourth-order valence-corrected chi connectivity index (χ4v) is 1.13. The highest BCUT2D eigenvalue weighted by Crippen LogP contribution is 2.05. The van der Waals surface area contributed by atoms with Gasteiger partial charge < -0.3 is 0 Å². The Balaban J connectivity index is 3.03. The van der Waals surface area contributed by atoms with Crippen molar-refractivity contribution in [2.75, 3.05) is 0 Å². The van der Waals surface area contributed by atoms with Crippen molar-refractivity contribution >= 4 is 23.2 Å². The first-order valence-electron chi connectivity index (χ1n) is 4.51. The second-order valence-electron chi connectivity index (χ2n) is 2.67. The van der Waals surface area contributed by atoms with Crippen LogP contribution < -0.4 is 0 Å². The molecule has 0 radical (unpaired) electrons. The minimum absolute atomic E-state index is 0.868. The Morgan fingerprint density at radius 3 is 1.62 bits per heavy atom. The molecule has 0 aliphatic carbocycles. The Morgan fingerprint density at radius 1 is 0.812 bits per heavy atom. The molecule has 0 unspecified atom stereocenters. The maximum absolute atomic E-state index is 5.38. The molecule has 0 saturated heterocycles. The monoisotopic (exact) mass is 246 g/mol. The molecular weight excluding hydrogens is 239 g/mol. The molecular formula is C14H8Cl2. The molecule has 1 rings (SSSR count). The van der Waals surface area contributed by atoms with Crippen LogP contribution in [0.2, 0.25) is 0 Å². The van der Waals surface area contributed by atoms with Crippen LogP contribution in [0.25, 0.3) is 0 Å². The Kier molecular flexibility index (Phi) is 5.97. The standard InChI is InChI=1S/C14H8Cl2/c15-11-5-3-9-13-7-1-2-8-14(13)10-4-6-12-16/h1-2,5-8,11-12H/b11-5-,12-6-. The van der Waals surface area contributed by atoms with Crippen molar-refractivity contribution in [2.24, 2.45) is 0 Å². The topological polar surface area (TPSA) is 0 Å². The van der Waals surface area contributed by atoms with Gasteiger partial charge in [0.15, 0.2) is 0 Å². The van der Waals surface area contributed by atoms with E-state index in [0.29, 0.717) is 0 Å². The minimum atomic E-state index is 0.868. The Hall–Kier alpha value is -1.60. The van der Waals surface area contributed by atoms with E-state index in [1.807, 2.05) is 24.3 Å². The number of hydrogen-bond donors (Lipinski definition) is 0. The third kappa shape index (κ3) is 4.28. The summed E-state index contributed by atoms with van der Waals surface area (Å²) in [6.07, 6.45) is 3.15. The molecule has 0 aliphatic heterocycles. The van der Waals surface area contributed by atoms with E-state index in [-0.39, 0.29) is 0 Å². The molecule has 0 N–H and O–H groups in total. The highest BCUT2D eigenvalue weighted by molar-refractivity contribution is 6.25. The largest absolute Gasteiger partial charge is 0.0923 e. The van der Waals surface area contributed by atoms with Crippen molar-refractivity contribution in [3.63, 3.8) is 0 Å². The van der Waals surface area contributed by atoms with Gasteiger partial charge in [-0.1, -0.05) is 59.0 Å². The number of hydrogen-bond acceptors (Lipinski definition) is 0. The molecule has 0 fully saturated rings. The lowest BCUT2D eigenvalue weighted by Crippen LogP contribution is -1.81. The zero-order valence-corrected chi connectivity index (χ0v) is 9.89. The molecule has 0 amide bonds. The summed E-state index contributed by atoms with van der Waals surface area (Å²) in [5.41, 5.74) is 4.48. The van der Waals surface area contributed by atoms with Crippen molar-refractivity contribution in [1.29, 1.82) is 0 Å². The Bertz CT molecular complexity index is 468. The van der Waals surface area contributed by atoms with Crippen LogP contribution in [0.3, 0.4) is 0 Å². The van der Waals surface area contributed by atoms with Gasteiger partial charge in [-0.05, 0) is 24.3 Å². The molecule has 78 valence electrons. The van der Waals surface area contributed by atoms with E-state index >= 15 is 0 Å². The van der Waals surface area contributed by atoms with E-state index in [0.717, 1.165) is 11.1 Å². The van der Waals surface area contributed by atoms with Crippen molar-refractivity contribution < 1.29 is 0 Å². The van der Waals surface area contributed by atoms with Gasteiger partial charge in [-0.25, -0.2) is 0 Å². The molecule has 0 aromatic heterocycles. The average Bonchev–Trinajstić information content (AvgIpc) is 2.32. The number of allylic oxidation sites excluding steroid dienone is 2. The van der Waals surface area contributed by atoms with Crippen LogP contribution >= 0.6 is 23.2 Å². The number of rotatable bonds is 0. The third-order valence-electron chi connectivity index (χ3n) is 1.63. The van der Waals surface area contributed by atoms with E-state index in [2.05, 4.69) is 23.7 Å². The highest BCUT2D eigenvalue weighted by Gasteiger charge is 1.92. The maximum Gasteiger partial charge on any atom is 0.0405 e. The summed E-state index contributed by atoms with van der Waals surface area (Å²) in [4.78, 5) is 0. The van der Waals surface area contributed by atoms with Crippen LogP contribution in [0.4, 0.5) is 0 Å². The van der Waals surface area contributed by atoms with Gasteiger partial charge in [0.2, 0.25) is 0 Å². The zero-order valence-electron chi connectivity index (χ0n) is 8.37. The van der Waals surface area contributed by atoms with Crippen molar-refractivity contribution in [3.8, 4) is 23.7 Å². The summed E-state index contributed by atoms with van der Waals surface area (Å²) in [6.45, 7) is 0. The quantitative estimate of drug-likeness (QED) is 0.610. The first-order valence-corrected chi connectivity index (χ1v) is 5.38. The molecule has 16 heavy (non-hydrogen) atoms. The van der Waals surface area contributed by atoms with Crippen LogP contribution in [0.5, 0.6) is 0 Å². The molecule has 0 saturated carbocycles. The van der Waals surface area contributed by atoms with Gasteiger partial charge >= 0.3 is 0 Å². The van der Waals surface area contributed by atoms with E-state index < -0.39 is 0 Å². The summed E-state index contributed by atoms with van der Waals surface area (Å²) < 4.78 is 0. The van der Waals surface area contributed by atoms with Crippen LogP contribution in [-0.2, 0) is 0 Å². The predicted octanol–water partition coefficient (Wildman–Crippen LogP) is 3.89. The second-order valence-corrected chi connectivity index (χ2v) is 3.17. The molecule has 0 nitrogen and oxygen atoms in total. The summed E-state index contributed by atoms with van der Waals surface area (Å²) >= 11 is 10.8. The fourth-order valence-electron chi connectivity index (χ4n) is 1.00. The van der Waals surface area contributed by atoms with Crippen molar-refractivity contribution in [3.05, 3.63) is 58.6 Å².